The van der Waals surface area contributed by atoms with Crippen molar-refractivity contribution in [2.75, 3.05) is 25.1 Å². The summed E-state index contributed by atoms with van der Waals surface area (Å²) in [6, 6.07) is 6.73. The molecular formula is C14H19N3O. The van der Waals surface area contributed by atoms with Crippen molar-refractivity contribution in [1.29, 1.82) is 0 Å². The van der Waals surface area contributed by atoms with Crippen LogP contribution in [0, 0.1) is 6.57 Å². The van der Waals surface area contributed by atoms with Crippen LogP contribution in [0.2, 0.25) is 0 Å². The average Bonchev–Trinajstić information content (AvgIpc) is 2.40. The number of nitrogens with one attached hydrogen (secondary N) is 1. The highest BCUT2D eigenvalue weighted by atomic mass is 16.5. The van der Waals surface area contributed by atoms with E-state index in [9.17, 15) is 0 Å². The Bertz CT molecular complexity index is 467. The lowest BCUT2D eigenvalue weighted by atomic mass is 10.1. The first kappa shape index (κ1) is 12.7. The van der Waals surface area contributed by atoms with Crippen LogP contribution in [0.4, 0.5) is 11.4 Å². The summed E-state index contributed by atoms with van der Waals surface area (Å²) in [5.41, 5.74) is 1.69. The van der Waals surface area contributed by atoms with E-state index in [-0.39, 0.29) is 0 Å². The quantitative estimate of drug-likeness (QED) is 0.811. The molecule has 1 N–H and O–H groups in total. The summed E-state index contributed by atoms with van der Waals surface area (Å²) < 4.78 is 5.27. The van der Waals surface area contributed by atoms with Crippen LogP contribution >= 0.6 is 0 Å². The molecular weight excluding hydrogens is 226 g/mol. The zero-order valence-electron chi connectivity index (χ0n) is 11.1. The van der Waals surface area contributed by atoms with Crippen LogP contribution in [-0.2, 0) is 0 Å². The van der Waals surface area contributed by atoms with Crippen LogP contribution in [-0.4, -0.2) is 32.3 Å². The molecule has 0 aliphatic carbocycles. The second kappa shape index (κ2) is 5.28. The number of nitrogens with zero attached hydrogens (tertiary/aromatic N) is 2. The maximum Gasteiger partial charge on any atom is 0.228 e. The second-order valence-corrected chi connectivity index (χ2v) is 4.78. The highest BCUT2D eigenvalue weighted by molar-refractivity contribution is 5.65. The molecule has 2 atom stereocenters. The molecule has 2 rings (SSSR count). The monoisotopic (exact) mass is 245 g/mol. The molecule has 0 aromatic heterocycles. The molecule has 1 saturated heterocycles. The van der Waals surface area contributed by atoms with Gasteiger partial charge in [-0.25, -0.2) is 4.85 Å². The van der Waals surface area contributed by atoms with Gasteiger partial charge in [0.15, 0.2) is 0 Å². The van der Waals surface area contributed by atoms with Gasteiger partial charge in [0, 0.05) is 30.9 Å². The minimum Gasteiger partial charge on any atom is -0.508 e. The summed E-state index contributed by atoms with van der Waals surface area (Å²) in [5.74, 6) is 0.654. The topological polar surface area (TPSA) is 28.9 Å². The van der Waals surface area contributed by atoms with Gasteiger partial charge in [-0.15, -0.1) is 0 Å². The van der Waals surface area contributed by atoms with Gasteiger partial charge in [-0.05, 0) is 26.0 Å². The molecule has 1 fully saturated rings. The van der Waals surface area contributed by atoms with E-state index >= 15 is 0 Å². The molecule has 0 saturated carbocycles. The van der Waals surface area contributed by atoms with Crippen molar-refractivity contribution in [3.63, 3.8) is 0 Å². The van der Waals surface area contributed by atoms with E-state index in [4.69, 9.17) is 11.3 Å². The highest BCUT2D eigenvalue weighted by Crippen LogP contribution is 2.33. The van der Waals surface area contributed by atoms with Crippen LogP contribution < -0.4 is 15.0 Å². The van der Waals surface area contributed by atoms with Crippen molar-refractivity contribution in [1.82, 2.24) is 5.32 Å². The minimum atomic E-state index is 0.449. The first-order valence-electron chi connectivity index (χ1n) is 6.21. The lowest BCUT2D eigenvalue weighted by Gasteiger charge is -2.39. The predicted octanol–water partition coefficient (Wildman–Crippen LogP) is 2.43. The van der Waals surface area contributed by atoms with Crippen molar-refractivity contribution < 1.29 is 4.74 Å². The van der Waals surface area contributed by atoms with Crippen molar-refractivity contribution in [2.24, 2.45) is 0 Å². The van der Waals surface area contributed by atoms with Gasteiger partial charge in [-0.1, -0.05) is 6.07 Å². The van der Waals surface area contributed by atoms with Crippen molar-refractivity contribution in [3.8, 4) is 5.75 Å². The molecule has 18 heavy (non-hydrogen) atoms. The molecule has 1 aromatic rings. The van der Waals surface area contributed by atoms with Crippen molar-refractivity contribution in [3.05, 3.63) is 29.6 Å². The molecule has 0 radical (unpaired) electrons. The Morgan fingerprint density at radius 2 is 2.22 bits per heavy atom. The predicted molar refractivity (Wildman–Crippen MR) is 73.5 cm³/mol. The number of benzene rings is 1. The van der Waals surface area contributed by atoms with E-state index < -0.39 is 0 Å². The fourth-order valence-corrected chi connectivity index (χ4v) is 2.32. The molecule has 1 aromatic carbocycles. The number of methoxy groups -OCH3 is 1. The lowest BCUT2D eigenvalue weighted by molar-refractivity contribution is 0.412. The van der Waals surface area contributed by atoms with Crippen molar-refractivity contribution in [2.45, 2.75) is 25.9 Å². The van der Waals surface area contributed by atoms with Crippen molar-refractivity contribution >= 4 is 11.4 Å². The number of hydrogen-bond acceptors (Lipinski definition) is 3. The molecule has 1 aliphatic rings. The first-order chi connectivity index (χ1) is 8.65. The van der Waals surface area contributed by atoms with Gasteiger partial charge in [0.2, 0.25) is 5.69 Å². The smallest absolute Gasteiger partial charge is 0.228 e. The van der Waals surface area contributed by atoms with Gasteiger partial charge in [0.05, 0.1) is 13.7 Å². The molecule has 4 nitrogen and oxygen atoms in total. The summed E-state index contributed by atoms with van der Waals surface area (Å²) in [6.45, 7) is 13.4. The minimum absolute atomic E-state index is 0.449. The van der Waals surface area contributed by atoms with Crippen LogP contribution in [0.1, 0.15) is 13.8 Å². The van der Waals surface area contributed by atoms with E-state index in [1.807, 2.05) is 18.2 Å². The lowest BCUT2D eigenvalue weighted by Crippen LogP contribution is -2.54. The molecule has 0 spiro atoms. The number of rotatable bonds is 2. The number of piperazine rings is 1. The van der Waals surface area contributed by atoms with Crippen LogP contribution in [0.25, 0.3) is 4.85 Å². The second-order valence-electron chi connectivity index (χ2n) is 4.78. The summed E-state index contributed by atoms with van der Waals surface area (Å²) >= 11 is 0. The van der Waals surface area contributed by atoms with Crippen LogP contribution in [0.15, 0.2) is 18.2 Å². The normalized spacial score (nSPS) is 23.6. The Morgan fingerprint density at radius 1 is 1.44 bits per heavy atom. The Balaban J connectivity index is 2.30. The van der Waals surface area contributed by atoms with Crippen LogP contribution in [0.3, 0.4) is 0 Å². The molecule has 4 heteroatoms. The van der Waals surface area contributed by atoms with Gasteiger partial charge in [0.1, 0.15) is 5.75 Å². The standard InChI is InChI=1S/C14H19N3O/c1-10-9-17(11(2)8-16-10)12-5-6-13(15-3)14(7-12)18-4/h5-7,10-11,16H,8-9H2,1-2,4H3/t10-,11+/m1/s1. The Morgan fingerprint density at radius 3 is 2.89 bits per heavy atom. The maximum absolute atomic E-state index is 7.10. The highest BCUT2D eigenvalue weighted by Gasteiger charge is 2.23. The fourth-order valence-electron chi connectivity index (χ4n) is 2.32. The van der Waals surface area contributed by atoms with E-state index in [1.165, 1.54) is 0 Å². The van der Waals surface area contributed by atoms with Gasteiger partial charge in [-0.3, -0.25) is 0 Å². The molecule has 0 amide bonds. The molecule has 96 valence electrons. The number of hydrogen-bond donors (Lipinski definition) is 1. The Kier molecular flexibility index (Phi) is 3.73. The zero-order valence-corrected chi connectivity index (χ0v) is 11.1. The van der Waals surface area contributed by atoms with E-state index in [0.717, 1.165) is 18.8 Å². The summed E-state index contributed by atoms with van der Waals surface area (Å²) in [6.07, 6.45) is 0. The van der Waals surface area contributed by atoms with Gasteiger partial charge in [0.25, 0.3) is 0 Å². The third-order valence-corrected chi connectivity index (χ3v) is 3.38. The molecule has 0 unspecified atom stereocenters. The summed E-state index contributed by atoms with van der Waals surface area (Å²) in [7, 11) is 1.61. The number of anilines is 1. The maximum atomic E-state index is 7.10. The largest absolute Gasteiger partial charge is 0.508 e. The SMILES string of the molecule is [C-]#[N+]c1ccc(N2C[C@@H](C)NC[C@@H]2C)cc1OC. The van der Waals surface area contributed by atoms with E-state index in [2.05, 4.69) is 28.9 Å². The first-order valence-corrected chi connectivity index (χ1v) is 6.21. The van der Waals surface area contributed by atoms with Crippen LogP contribution in [0.5, 0.6) is 5.75 Å². The Labute approximate surface area is 108 Å². The molecule has 1 aliphatic heterocycles. The summed E-state index contributed by atoms with van der Waals surface area (Å²) in [5, 5.41) is 3.46. The molecule has 0 bridgehead atoms. The van der Waals surface area contributed by atoms with E-state index in [0.29, 0.717) is 23.5 Å². The summed E-state index contributed by atoms with van der Waals surface area (Å²) in [4.78, 5) is 5.81. The van der Waals surface area contributed by atoms with Gasteiger partial charge >= 0.3 is 0 Å². The number of ether oxygens (including phenoxy) is 1. The van der Waals surface area contributed by atoms with Gasteiger partial charge in [-0.2, -0.15) is 0 Å². The average molecular weight is 245 g/mol. The van der Waals surface area contributed by atoms with Gasteiger partial charge < -0.3 is 15.0 Å². The molecule has 1 heterocycles. The Hall–Kier alpha value is -1.73. The zero-order chi connectivity index (χ0) is 13.1. The third kappa shape index (κ3) is 2.41. The van der Waals surface area contributed by atoms with E-state index in [1.54, 1.807) is 7.11 Å². The fraction of sp³-hybridized carbons (Fsp3) is 0.500. The third-order valence-electron chi connectivity index (χ3n) is 3.38.